The molecule has 0 saturated heterocycles. The minimum absolute atomic E-state index is 0. The molecule has 0 aliphatic rings. The van der Waals surface area contributed by atoms with Crippen molar-refractivity contribution in [2.45, 2.75) is 0 Å². The molecular weight excluding hydrogens is 143 g/mol. The third-order valence-corrected chi connectivity index (χ3v) is 1.30. The molecule has 1 aromatic rings. The van der Waals surface area contributed by atoms with Gasteiger partial charge in [0, 0.05) is 12.1 Å². The van der Waals surface area contributed by atoms with Crippen LogP contribution in [0, 0.1) is 29.1 Å². The minimum Gasteiger partial charge on any atom is -0.208 e. The van der Waals surface area contributed by atoms with Gasteiger partial charge in [-0.15, -0.1) is 12.1 Å². The van der Waals surface area contributed by atoms with Crippen LogP contribution in [-0.2, 0) is 0 Å². The summed E-state index contributed by atoms with van der Waals surface area (Å²) in [7, 11) is 0. The Bertz CT molecular complexity index is 333. The first-order valence-corrected chi connectivity index (χ1v) is 3.10. The van der Waals surface area contributed by atoms with Gasteiger partial charge in [-0.05, 0) is 5.56 Å². The maximum absolute atomic E-state index is 8.57. The molecule has 0 spiro atoms. The minimum atomic E-state index is 0. The van der Waals surface area contributed by atoms with Crippen LogP contribution in [0.3, 0.4) is 0 Å². The summed E-state index contributed by atoms with van der Waals surface area (Å²) in [5.41, 5.74) is 1.21. The van der Waals surface area contributed by atoms with E-state index in [9.17, 15) is 0 Å². The van der Waals surface area contributed by atoms with Gasteiger partial charge < -0.3 is 0 Å². The Kier molecular flexibility index (Phi) is 4.74. The molecule has 1 aromatic carbocycles. The third kappa shape index (κ3) is 2.37. The molecule has 12 heavy (non-hydrogen) atoms. The molecule has 0 unspecified atom stereocenters. The van der Waals surface area contributed by atoms with Crippen LogP contribution in [0.15, 0.2) is 24.3 Å². The average molecular weight is 148 g/mol. The second kappa shape index (κ2) is 5.34. The van der Waals surface area contributed by atoms with Crippen molar-refractivity contribution in [2.24, 2.45) is 0 Å². The Morgan fingerprint density at radius 2 is 1.83 bits per heavy atom. The molecule has 1 rings (SSSR count). The Morgan fingerprint density at radius 3 is 2.42 bits per heavy atom. The smallest absolute Gasteiger partial charge is 0.208 e. The number of hydrogen-bond donors (Lipinski definition) is 0. The van der Waals surface area contributed by atoms with Crippen LogP contribution in [0.5, 0.6) is 0 Å². The number of nitrogens with zero attached hydrogens (tertiary/aromatic N) is 2. The monoisotopic (exact) mass is 148 g/mol. The average Bonchev–Trinajstić information content (AvgIpc) is 2.06. The van der Waals surface area contributed by atoms with E-state index in [-0.39, 0.29) is 18.9 Å². The van der Waals surface area contributed by atoms with Crippen molar-refractivity contribution in [1.29, 1.82) is 10.5 Å². The molecule has 2 nitrogen and oxygen atoms in total. The zero-order valence-corrected chi connectivity index (χ0v) is 6.78. The molecule has 0 bridgehead atoms. The number of hydrogen-bond acceptors (Lipinski definition) is 2. The van der Waals surface area contributed by atoms with Crippen LogP contribution >= 0.6 is 0 Å². The summed E-state index contributed by atoms with van der Waals surface area (Å²) in [5.74, 6) is 0. The molecular formula is C9H5LiN2. The predicted octanol–water partition coefficient (Wildman–Crippen LogP) is -1.36. The van der Waals surface area contributed by atoms with Crippen molar-refractivity contribution in [1.82, 2.24) is 0 Å². The topological polar surface area (TPSA) is 47.6 Å². The standard InChI is InChI=1S/C9H5N2.Li/c10-6-5-8-3-1-2-4-9(8)7-11;/h1-5H;/q-1;+1. The van der Waals surface area contributed by atoms with Crippen molar-refractivity contribution >= 4 is 0 Å². The molecule has 52 valence electrons. The maximum Gasteiger partial charge on any atom is 1.00 e. The first-order chi connectivity index (χ1) is 5.38. The number of benzene rings is 1. The van der Waals surface area contributed by atoms with Gasteiger partial charge in [0.1, 0.15) is 0 Å². The summed E-state index contributed by atoms with van der Waals surface area (Å²) in [6.07, 6.45) is 1.36. The molecule has 3 heteroatoms. The summed E-state index contributed by atoms with van der Waals surface area (Å²) in [5, 5.41) is 16.9. The fourth-order valence-electron chi connectivity index (χ4n) is 0.794. The van der Waals surface area contributed by atoms with E-state index in [2.05, 4.69) is 0 Å². The second-order valence-corrected chi connectivity index (χ2v) is 1.97. The predicted molar refractivity (Wildman–Crippen MR) is 40.2 cm³/mol. The van der Waals surface area contributed by atoms with E-state index in [1.807, 2.05) is 12.1 Å². The van der Waals surface area contributed by atoms with Gasteiger partial charge >= 0.3 is 18.9 Å². The zero-order chi connectivity index (χ0) is 8.10. The van der Waals surface area contributed by atoms with Gasteiger partial charge in [-0.25, -0.2) is 10.5 Å². The maximum atomic E-state index is 8.57. The fraction of sp³-hybridized carbons (Fsp3) is 0. The van der Waals surface area contributed by atoms with Crippen LogP contribution < -0.4 is 18.9 Å². The van der Waals surface area contributed by atoms with Gasteiger partial charge in [0.25, 0.3) is 0 Å². The summed E-state index contributed by atoms with van der Waals surface area (Å²) < 4.78 is 0. The molecule has 0 radical (unpaired) electrons. The summed E-state index contributed by atoms with van der Waals surface area (Å²) in [6, 6.07) is 10.9. The number of nitriles is 2. The summed E-state index contributed by atoms with van der Waals surface area (Å²) >= 11 is 0. The molecule has 0 amide bonds. The van der Waals surface area contributed by atoms with Gasteiger partial charge in [0.2, 0.25) is 0 Å². The second-order valence-electron chi connectivity index (χ2n) is 1.97. The van der Waals surface area contributed by atoms with E-state index in [0.717, 1.165) is 0 Å². The molecule has 0 aliphatic carbocycles. The van der Waals surface area contributed by atoms with Crippen molar-refractivity contribution in [3.8, 4) is 12.1 Å². The van der Waals surface area contributed by atoms with Gasteiger partial charge in [-0.1, -0.05) is 12.5 Å². The normalized spacial score (nSPS) is 7.17. The molecule has 0 saturated carbocycles. The van der Waals surface area contributed by atoms with E-state index < -0.39 is 0 Å². The molecule has 0 aromatic heterocycles. The van der Waals surface area contributed by atoms with Crippen molar-refractivity contribution in [3.63, 3.8) is 0 Å². The van der Waals surface area contributed by atoms with Crippen LogP contribution in [0.2, 0.25) is 0 Å². The van der Waals surface area contributed by atoms with Crippen molar-refractivity contribution in [3.05, 3.63) is 41.8 Å². The van der Waals surface area contributed by atoms with Gasteiger partial charge in [-0.2, -0.15) is 11.6 Å². The Balaban J connectivity index is 0.00000121. The molecule has 0 aliphatic heterocycles. The van der Waals surface area contributed by atoms with Crippen LogP contribution in [-0.4, -0.2) is 0 Å². The van der Waals surface area contributed by atoms with E-state index in [1.54, 1.807) is 24.3 Å². The Hall–Kier alpha value is -1.33. The van der Waals surface area contributed by atoms with E-state index >= 15 is 0 Å². The zero-order valence-electron chi connectivity index (χ0n) is 6.78. The largest absolute Gasteiger partial charge is 1.00 e. The quantitative estimate of drug-likeness (QED) is 0.364. The van der Waals surface area contributed by atoms with E-state index in [0.29, 0.717) is 11.1 Å². The van der Waals surface area contributed by atoms with Crippen LogP contribution in [0.25, 0.3) is 0 Å². The Labute approximate surface area is 83.6 Å². The summed E-state index contributed by atoms with van der Waals surface area (Å²) in [4.78, 5) is 0. The fourth-order valence-corrected chi connectivity index (χ4v) is 0.794. The van der Waals surface area contributed by atoms with Gasteiger partial charge in [0.05, 0.1) is 0 Å². The van der Waals surface area contributed by atoms with Crippen LogP contribution in [0.1, 0.15) is 11.1 Å². The van der Waals surface area contributed by atoms with Crippen LogP contribution in [0.4, 0.5) is 0 Å². The van der Waals surface area contributed by atoms with Crippen molar-refractivity contribution in [2.75, 3.05) is 0 Å². The molecule has 0 atom stereocenters. The third-order valence-electron chi connectivity index (χ3n) is 1.30. The molecule has 0 fully saturated rings. The van der Waals surface area contributed by atoms with Gasteiger partial charge in [0.15, 0.2) is 0 Å². The Morgan fingerprint density at radius 1 is 1.17 bits per heavy atom. The van der Waals surface area contributed by atoms with E-state index in [1.165, 1.54) is 6.42 Å². The molecule has 0 heterocycles. The summed E-state index contributed by atoms with van der Waals surface area (Å²) in [6.45, 7) is 0. The molecule has 0 N–H and O–H groups in total. The van der Waals surface area contributed by atoms with Gasteiger partial charge in [-0.3, -0.25) is 0 Å². The number of rotatable bonds is 1. The van der Waals surface area contributed by atoms with Crippen molar-refractivity contribution < 1.29 is 18.9 Å². The first-order valence-electron chi connectivity index (χ1n) is 3.10. The SMILES string of the molecule is N#C[CH-]c1ccccc1C#N.[Li+]. The first kappa shape index (κ1) is 10.7. The van der Waals surface area contributed by atoms with E-state index in [4.69, 9.17) is 10.5 Å².